The lowest BCUT2D eigenvalue weighted by Crippen LogP contribution is -2.17. The third-order valence-electron chi connectivity index (χ3n) is 2.04. The minimum absolute atomic E-state index is 0.0402. The van der Waals surface area contributed by atoms with E-state index in [4.69, 9.17) is 5.11 Å². The smallest absolute Gasteiger partial charge is 0.313 e. The molecule has 1 aromatic carbocycles. The Hall–Kier alpha value is -1.82. The van der Waals surface area contributed by atoms with Gasteiger partial charge >= 0.3 is 5.97 Å². The number of hydrogen-bond donors (Lipinski definition) is 2. The van der Waals surface area contributed by atoms with E-state index in [1.54, 1.807) is 24.3 Å². The molecule has 1 rings (SSSR count). The van der Waals surface area contributed by atoms with Gasteiger partial charge in [-0.2, -0.15) is 0 Å². The Morgan fingerprint density at radius 3 is 2.50 bits per heavy atom. The van der Waals surface area contributed by atoms with Gasteiger partial charge in [0, 0.05) is 5.56 Å². The highest BCUT2D eigenvalue weighted by Crippen LogP contribution is 2.15. The number of benzene rings is 1. The summed E-state index contributed by atoms with van der Waals surface area (Å²) < 4.78 is 0. The van der Waals surface area contributed by atoms with Crippen molar-refractivity contribution >= 4 is 35.1 Å². The summed E-state index contributed by atoms with van der Waals surface area (Å²) in [6, 6.07) is 6.69. The molecule has 0 spiro atoms. The van der Waals surface area contributed by atoms with Crippen LogP contribution in [0.25, 0.3) is 0 Å². The maximum absolute atomic E-state index is 11.5. The minimum atomic E-state index is -0.961. The Morgan fingerprint density at radius 1 is 1.22 bits per heavy atom. The number of aliphatic carboxylic acids is 1. The van der Waals surface area contributed by atoms with E-state index >= 15 is 0 Å². The molecule has 0 saturated heterocycles. The Balaban J connectivity index is 2.59. The molecule has 0 aliphatic carbocycles. The standard InChI is InChI=1S/C12H13NO4S/c1-8(14)9-4-2-3-5-10(9)13-11(15)6-18-7-12(16)17/h2-5H,6-7H2,1H3,(H,13,15)(H,16,17). The van der Waals surface area contributed by atoms with E-state index in [2.05, 4.69) is 5.32 Å². The molecule has 0 radical (unpaired) electrons. The van der Waals surface area contributed by atoms with Crippen LogP contribution in [0.4, 0.5) is 5.69 Å². The molecule has 0 aromatic heterocycles. The third-order valence-corrected chi connectivity index (χ3v) is 2.96. The molecule has 0 saturated carbocycles. The molecule has 5 nitrogen and oxygen atoms in total. The lowest BCUT2D eigenvalue weighted by Gasteiger charge is -2.08. The number of carboxylic acid groups (broad SMARTS) is 1. The molecule has 0 atom stereocenters. The van der Waals surface area contributed by atoms with Crippen LogP contribution in [-0.2, 0) is 9.59 Å². The number of ketones is 1. The van der Waals surface area contributed by atoms with E-state index < -0.39 is 5.97 Å². The molecule has 0 aliphatic heterocycles. The number of Topliss-reactive ketones (excluding diaryl/α,β-unsaturated/α-hetero) is 1. The predicted octanol–water partition coefficient (Wildman–Crippen LogP) is 1.65. The van der Waals surface area contributed by atoms with Gasteiger partial charge in [0.2, 0.25) is 5.91 Å². The third kappa shape index (κ3) is 4.58. The largest absolute Gasteiger partial charge is 0.481 e. The molecule has 1 amide bonds. The number of nitrogens with one attached hydrogen (secondary N) is 1. The maximum Gasteiger partial charge on any atom is 0.313 e. The van der Waals surface area contributed by atoms with E-state index in [0.29, 0.717) is 11.3 Å². The number of para-hydroxylation sites is 1. The number of carbonyl (C=O) groups is 3. The monoisotopic (exact) mass is 267 g/mol. The van der Waals surface area contributed by atoms with Crippen molar-refractivity contribution in [2.45, 2.75) is 6.92 Å². The summed E-state index contributed by atoms with van der Waals surface area (Å²) in [5, 5.41) is 11.0. The van der Waals surface area contributed by atoms with Crippen LogP contribution < -0.4 is 5.32 Å². The van der Waals surface area contributed by atoms with Gasteiger partial charge < -0.3 is 10.4 Å². The molecule has 0 heterocycles. The number of carboxylic acids is 1. The highest BCUT2D eigenvalue weighted by molar-refractivity contribution is 8.00. The van der Waals surface area contributed by atoms with E-state index in [1.165, 1.54) is 6.92 Å². The highest BCUT2D eigenvalue weighted by atomic mass is 32.2. The fraction of sp³-hybridized carbons (Fsp3) is 0.250. The van der Waals surface area contributed by atoms with Gasteiger partial charge in [-0.25, -0.2) is 0 Å². The van der Waals surface area contributed by atoms with Crippen molar-refractivity contribution in [3.63, 3.8) is 0 Å². The van der Waals surface area contributed by atoms with Crippen LogP contribution in [0.5, 0.6) is 0 Å². The van der Waals surface area contributed by atoms with Crippen LogP contribution in [0.3, 0.4) is 0 Å². The molecule has 6 heteroatoms. The zero-order valence-electron chi connectivity index (χ0n) is 9.80. The van der Waals surface area contributed by atoms with Crippen molar-refractivity contribution in [3.8, 4) is 0 Å². The molecular weight excluding hydrogens is 254 g/mol. The molecule has 0 bridgehead atoms. The predicted molar refractivity (Wildman–Crippen MR) is 70.0 cm³/mol. The minimum Gasteiger partial charge on any atom is -0.481 e. The van der Waals surface area contributed by atoms with Gasteiger partial charge in [0.05, 0.1) is 17.2 Å². The van der Waals surface area contributed by atoms with Gasteiger partial charge in [-0.1, -0.05) is 12.1 Å². The van der Waals surface area contributed by atoms with Gasteiger partial charge in [0.25, 0.3) is 0 Å². The molecule has 0 aliphatic rings. The van der Waals surface area contributed by atoms with Crippen molar-refractivity contribution in [1.82, 2.24) is 0 Å². The van der Waals surface area contributed by atoms with Crippen molar-refractivity contribution in [2.75, 3.05) is 16.8 Å². The Morgan fingerprint density at radius 2 is 1.89 bits per heavy atom. The second-order valence-electron chi connectivity index (χ2n) is 3.54. The molecular formula is C12H13NO4S. The first-order valence-electron chi connectivity index (χ1n) is 5.20. The van der Waals surface area contributed by atoms with Crippen LogP contribution >= 0.6 is 11.8 Å². The zero-order valence-corrected chi connectivity index (χ0v) is 10.6. The average Bonchev–Trinajstić information content (AvgIpc) is 2.28. The highest BCUT2D eigenvalue weighted by Gasteiger charge is 2.10. The van der Waals surface area contributed by atoms with Gasteiger partial charge in [0.15, 0.2) is 5.78 Å². The summed E-state index contributed by atoms with van der Waals surface area (Å²) in [6.45, 7) is 1.42. The molecule has 0 fully saturated rings. The fourth-order valence-corrected chi connectivity index (χ4v) is 1.85. The van der Waals surface area contributed by atoms with Crippen LogP contribution in [0, 0.1) is 0 Å². The van der Waals surface area contributed by atoms with Crippen LogP contribution in [0.2, 0.25) is 0 Å². The quantitative estimate of drug-likeness (QED) is 0.766. The number of carbonyl (C=O) groups excluding carboxylic acids is 2. The summed E-state index contributed by atoms with van der Waals surface area (Å²) in [4.78, 5) is 33.1. The van der Waals surface area contributed by atoms with E-state index in [-0.39, 0.29) is 23.2 Å². The average molecular weight is 267 g/mol. The fourth-order valence-electron chi connectivity index (χ4n) is 1.32. The molecule has 96 valence electrons. The van der Waals surface area contributed by atoms with E-state index in [1.807, 2.05) is 0 Å². The summed E-state index contributed by atoms with van der Waals surface area (Å²) in [7, 11) is 0. The van der Waals surface area contributed by atoms with Crippen molar-refractivity contribution < 1.29 is 19.5 Å². The Bertz CT molecular complexity index is 473. The van der Waals surface area contributed by atoms with E-state index in [9.17, 15) is 14.4 Å². The van der Waals surface area contributed by atoms with Crippen LogP contribution in [0.1, 0.15) is 17.3 Å². The van der Waals surface area contributed by atoms with Crippen molar-refractivity contribution in [1.29, 1.82) is 0 Å². The number of anilines is 1. The summed E-state index contributed by atoms with van der Waals surface area (Å²) in [5.41, 5.74) is 0.889. The second kappa shape index (κ2) is 6.80. The first-order valence-corrected chi connectivity index (χ1v) is 6.35. The summed E-state index contributed by atoms with van der Waals surface area (Å²) >= 11 is 1.01. The first-order chi connectivity index (χ1) is 8.50. The number of thioether (sulfide) groups is 1. The molecule has 1 aromatic rings. The van der Waals surface area contributed by atoms with Gasteiger partial charge in [-0.05, 0) is 19.1 Å². The normalized spacial score (nSPS) is 9.83. The van der Waals surface area contributed by atoms with Gasteiger partial charge in [-0.15, -0.1) is 11.8 Å². The molecule has 0 unspecified atom stereocenters. The van der Waals surface area contributed by atoms with Gasteiger partial charge in [0.1, 0.15) is 0 Å². The lowest BCUT2D eigenvalue weighted by molar-refractivity contribution is -0.133. The van der Waals surface area contributed by atoms with E-state index in [0.717, 1.165) is 11.8 Å². The zero-order chi connectivity index (χ0) is 13.5. The molecule has 2 N–H and O–H groups in total. The summed E-state index contributed by atoms with van der Waals surface area (Å²) in [5.74, 6) is -1.50. The SMILES string of the molecule is CC(=O)c1ccccc1NC(=O)CSCC(=O)O. The lowest BCUT2D eigenvalue weighted by atomic mass is 10.1. The Kier molecular flexibility index (Phi) is 5.38. The van der Waals surface area contributed by atoms with Crippen molar-refractivity contribution in [2.24, 2.45) is 0 Å². The summed E-state index contributed by atoms with van der Waals surface area (Å²) in [6.07, 6.45) is 0. The first kappa shape index (κ1) is 14.2. The Labute approximate surface area is 109 Å². The maximum atomic E-state index is 11.5. The number of amides is 1. The number of rotatable bonds is 6. The second-order valence-corrected chi connectivity index (χ2v) is 4.52. The van der Waals surface area contributed by atoms with Crippen molar-refractivity contribution in [3.05, 3.63) is 29.8 Å². The van der Waals surface area contributed by atoms with Crippen LogP contribution in [0.15, 0.2) is 24.3 Å². The topological polar surface area (TPSA) is 83.5 Å². The molecule has 18 heavy (non-hydrogen) atoms. The van der Waals surface area contributed by atoms with Crippen LogP contribution in [-0.4, -0.2) is 34.3 Å². The van der Waals surface area contributed by atoms with Gasteiger partial charge in [-0.3, -0.25) is 14.4 Å². The number of hydrogen-bond acceptors (Lipinski definition) is 4.